The zero-order chi connectivity index (χ0) is 54.0. The van der Waals surface area contributed by atoms with Gasteiger partial charge >= 0.3 is 0 Å². The molecule has 0 atom stereocenters. The van der Waals surface area contributed by atoms with Crippen LogP contribution in [0.4, 0.5) is 0 Å². The molecule has 4 heteroatoms. The summed E-state index contributed by atoms with van der Waals surface area (Å²) in [5.41, 5.74) is 10.3. The van der Waals surface area contributed by atoms with Crippen molar-refractivity contribution in [2.75, 3.05) is 0 Å². The van der Waals surface area contributed by atoms with Gasteiger partial charge in [-0.25, -0.2) is 4.98 Å². The lowest BCUT2D eigenvalue weighted by Crippen LogP contribution is -2.10. The number of benzene rings is 7. The number of phenols is 1. The molecule has 9 rings (SSSR count). The van der Waals surface area contributed by atoms with Crippen LogP contribution in [0.2, 0.25) is 0 Å². The molecule has 0 aliphatic heterocycles. The molecular weight excluding hydrogens is 791 g/mol. The summed E-state index contributed by atoms with van der Waals surface area (Å²) in [6, 6.07) is 52.2. The van der Waals surface area contributed by atoms with E-state index in [-0.39, 0.29) is 23.1 Å². The van der Waals surface area contributed by atoms with Crippen molar-refractivity contribution in [1.29, 1.82) is 0 Å². The van der Waals surface area contributed by atoms with Crippen molar-refractivity contribution in [2.24, 2.45) is 0 Å². The summed E-state index contributed by atoms with van der Waals surface area (Å²) < 4.78 is 85.5. The second-order valence-corrected chi connectivity index (χ2v) is 17.8. The van der Waals surface area contributed by atoms with Crippen LogP contribution in [0.1, 0.15) is 116 Å². The first-order valence-corrected chi connectivity index (χ1v) is 22.2. The van der Waals surface area contributed by atoms with Crippen LogP contribution in [0, 0.1) is 0 Å². The van der Waals surface area contributed by atoms with Gasteiger partial charge in [-0.05, 0) is 139 Å². The zero-order valence-corrected chi connectivity index (χ0v) is 37.6. The van der Waals surface area contributed by atoms with Crippen LogP contribution in [0.5, 0.6) is 5.75 Å². The fourth-order valence-electron chi connectivity index (χ4n) is 8.76. The Morgan fingerprint density at radius 1 is 0.538 bits per heavy atom. The normalized spacial score (nSPS) is 15.0. The van der Waals surface area contributed by atoms with Crippen LogP contribution in [-0.2, 0) is 5.41 Å². The maximum Gasteiger partial charge on any atom is 0.149 e. The van der Waals surface area contributed by atoms with Crippen molar-refractivity contribution in [3.05, 3.63) is 192 Å². The smallest absolute Gasteiger partial charge is 0.149 e. The third-order valence-corrected chi connectivity index (χ3v) is 12.3. The first-order valence-electron chi connectivity index (χ1n) is 27.2. The number of para-hydroxylation sites is 1. The first-order chi connectivity index (χ1) is 35.3. The molecule has 0 spiro atoms. The van der Waals surface area contributed by atoms with Gasteiger partial charge in [-0.1, -0.05) is 171 Å². The van der Waals surface area contributed by atoms with Crippen LogP contribution in [0.15, 0.2) is 170 Å². The Morgan fingerprint density at radius 2 is 1.22 bits per heavy atom. The van der Waals surface area contributed by atoms with Gasteiger partial charge in [0.2, 0.25) is 0 Å². The minimum absolute atomic E-state index is 0.0195. The lowest BCUT2D eigenvalue weighted by atomic mass is 9.86. The topological polar surface area (TPSA) is 50.9 Å². The highest BCUT2D eigenvalue weighted by molar-refractivity contribution is 5.98. The van der Waals surface area contributed by atoms with Crippen molar-refractivity contribution >= 4 is 11.0 Å². The van der Waals surface area contributed by atoms with E-state index in [1.807, 2.05) is 92.7 Å². The third-order valence-electron chi connectivity index (χ3n) is 12.3. The summed E-state index contributed by atoms with van der Waals surface area (Å²) in [6.07, 6.45) is 1.67. The number of aromatic hydroxyl groups is 1. The molecule has 1 N–H and O–H groups in total. The van der Waals surface area contributed by atoms with E-state index in [9.17, 15) is 6.48 Å². The third kappa shape index (κ3) is 8.54. The summed E-state index contributed by atoms with van der Waals surface area (Å²) in [7, 11) is 0. The summed E-state index contributed by atoms with van der Waals surface area (Å²) in [5, 5.41) is 12.3. The fourth-order valence-corrected chi connectivity index (χ4v) is 8.76. The minimum Gasteiger partial charge on any atom is -0.507 e. The van der Waals surface area contributed by atoms with Gasteiger partial charge in [0.05, 0.1) is 22.3 Å². The second-order valence-electron chi connectivity index (χ2n) is 17.8. The molecule has 0 unspecified atom stereocenters. The van der Waals surface area contributed by atoms with Crippen molar-refractivity contribution in [1.82, 2.24) is 14.5 Å². The molecule has 65 heavy (non-hydrogen) atoms. The number of hydrogen-bond acceptors (Lipinski definition) is 3. The van der Waals surface area contributed by atoms with Crippen LogP contribution < -0.4 is 0 Å². The molecule has 2 aromatic heterocycles. The first kappa shape index (κ1) is 32.6. The fraction of sp³-hybridized carbons (Fsp3) is 0.213. The van der Waals surface area contributed by atoms with Crippen LogP contribution in [0.3, 0.4) is 0 Å². The quantitative estimate of drug-likeness (QED) is 0.149. The molecule has 0 fully saturated rings. The number of pyridine rings is 1. The largest absolute Gasteiger partial charge is 0.507 e. The van der Waals surface area contributed by atoms with E-state index in [4.69, 9.17) is 22.3 Å². The van der Waals surface area contributed by atoms with Gasteiger partial charge in [0.15, 0.2) is 0 Å². The van der Waals surface area contributed by atoms with Crippen molar-refractivity contribution in [3.63, 3.8) is 0 Å². The lowest BCUT2D eigenvalue weighted by Gasteiger charge is -2.20. The highest BCUT2D eigenvalue weighted by Gasteiger charge is 2.25. The molecule has 9 aromatic rings. The molecule has 0 saturated carbocycles. The van der Waals surface area contributed by atoms with E-state index >= 15 is 0 Å². The lowest BCUT2D eigenvalue weighted by molar-refractivity contribution is 0.466. The summed E-state index contributed by atoms with van der Waals surface area (Å²) >= 11 is 0. The van der Waals surface area contributed by atoms with Gasteiger partial charge in [-0.2, -0.15) is 0 Å². The molecule has 0 aliphatic carbocycles. The average molecular weight is 860 g/mol. The van der Waals surface area contributed by atoms with E-state index < -0.39 is 31.9 Å². The van der Waals surface area contributed by atoms with Crippen LogP contribution >= 0.6 is 0 Å². The Morgan fingerprint density at radius 3 is 1.89 bits per heavy atom. The predicted molar refractivity (Wildman–Crippen MR) is 274 cm³/mol. The average Bonchev–Trinajstić information content (AvgIpc) is 3.78. The highest BCUT2D eigenvalue weighted by Crippen LogP contribution is 2.44. The summed E-state index contributed by atoms with van der Waals surface area (Å²) in [6.45, 7) is 2.08. The molecule has 2 heterocycles. The van der Waals surface area contributed by atoms with Gasteiger partial charge < -0.3 is 5.11 Å². The maximum absolute atomic E-state index is 12.3. The number of hydrogen-bond donors (Lipinski definition) is 1. The van der Waals surface area contributed by atoms with Crippen molar-refractivity contribution < 1.29 is 18.8 Å². The maximum atomic E-state index is 12.3. The number of phenolic OH excluding ortho intramolecular Hbond substituents is 1. The minimum atomic E-state index is -3.38. The van der Waals surface area contributed by atoms with Gasteiger partial charge in [0, 0.05) is 36.7 Å². The molecule has 0 bridgehead atoms. The molecule has 0 amide bonds. The van der Waals surface area contributed by atoms with Gasteiger partial charge in [0.25, 0.3) is 0 Å². The Kier molecular flexibility index (Phi) is 8.77. The Labute approximate surface area is 399 Å². The second kappa shape index (κ2) is 17.5. The van der Waals surface area contributed by atoms with Crippen LogP contribution in [0.25, 0.3) is 83.9 Å². The summed E-state index contributed by atoms with van der Waals surface area (Å²) in [4.78, 5) is 10.4. The molecule has 324 valence electrons. The summed E-state index contributed by atoms with van der Waals surface area (Å²) in [5.74, 6) is -0.0955. The van der Waals surface area contributed by atoms with Gasteiger partial charge in [0.1, 0.15) is 11.6 Å². The zero-order valence-electron chi connectivity index (χ0n) is 47.6. The molecule has 0 saturated heterocycles. The molecule has 0 radical (unpaired) electrons. The Hall–Kier alpha value is -7.04. The predicted octanol–water partition coefficient (Wildman–Crippen LogP) is 16.8. The van der Waals surface area contributed by atoms with E-state index in [0.29, 0.717) is 33.7 Å². The highest BCUT2D eigenvalue weighted by atomic mass is 16.3. The van der Waals surface area contributed by atoms with Gasteiger partial charge in [-0.15, -0.1) is 0 Å². The number of rotatable bonds is 10. The SMILES string of the molecule is [2H]C(C)(C)c1cc(-n2c(-c3cc(C(C)C)cc(C(C)C)c3O)nc3c(-c4cc(-c5ccccc5)cc(-c5cc(-c6ccc(C(C([2H])([2H])[2H])(C([2H])([2H])[2H])C([2H])([2H])[2H])cc6)ccn5)c4)cccc32)ccc1-c1ccccc1. The molecule has 0 aliphatic rings. The van der Waals surface area contributed by atoms with Gasteiger partial charge in [-0.3, -0.25) is 9.55 Å². The molecular formula is C61H59N3O. The van der Waals surface area contributed by atoms with E-state index in [1.54, 1.807) is 24.4 Å². The number of imidazole rings is 1. The Balaban J connectivity index is 1.26. The number of aromatic nitrogens is 3. The van der Waals surface area contributed by atoms with E-state index in [0.717, 1.165) is 66.8 Å². The number of fused-ring (bicyclic) bond motifs is 1. The standard InChI is InChI=1S/C61H59N3O/c1-38(2)45-34-54(40(5)6)59(65)55(35-45)60-63-58-52(21-16-22-57(58)64(60)50-27-28-51(53(37-50)39(3)4)43-19-14-11-15-20-43)47-31-46(41-17-12-10-13-18-41)32-48(33-47)56-36-44(29-30-62-56)42-23-25-49(26-24-42)61(7,8)9/h10-40,65H,1-9H3/i7D3,8D3,9D3,39D. The Bertz CT molecular complexity index is 3520. The van der Waals surface area contributed by atoms with Crippen LogP contribution in [-0.4, -0.2) is 19.6 Å². The van der Waals surface area contributed by atoms with E-state index in [2.05, 4.69) is 86.9 Å². The monoisotopic (exact) mass is 860 g/mol. The van der Waals surface area contributed by atoms with Crippen molar-refractivity contribution in [3.8, 4) is 78.6 Å². The van der Waals surface area contributed by atoms with E-state index in [1.165, 1.54) is 12.1 Å². The molecule has 7 aromatic carbocycles. The van der Waals surface area contributed by atoms with Crippen molar-refractivity contribution in [2.45, 2.75) is 85.2 Å². The molecule has 4 nitrogen and oxygen atoms in total. The number of nitrogens with zero attached hydrogens (tertiary/aromatic N) is 3.